The Morgan fingerprint density at radius 1 is 1.33 bits per heavy atom. The molecule has 0 spiro atoms. The molecule has 21 heavy (non-hydrogen) atoms. The third kappa shape index (κ3) is 2.84. The molecule has 0 saturated carbocycles. The predicted molar refractivity (Wildman–Crippen MR) is 85.1 cm³/mol. The van der Waals surface area contributed by atoms with Crippen molar-refractivity contribution in [2.45, 2.75) is 32.1 Å². The summed E-state index contributed by atoms with van der Waals surface area (Å²) in [7, 11) is 0. The third-order valence-electron chi connectivity index (χ3n) is 5.39. The summed E-state index contributed by atoms with van der Waals surface area (Å²) in [4.78, 5) is 14.9. The second-order valence-corrected chi connectivity index (χ2v) is 7.00. The highest BCUT2D eigenvalue weighted by molar-refractivity contribution is 5.79. The maximum atomic E-state index is 12.7. The Kier molecular flexibility index (Phi) is 4.03. The Bertz CT molecular complexity index is 497. The lowest BCUT2D eigenvalue weighted by Crippen LogP contribution is -2.53. The minimum absolute atomic E-state index is 0.104. The van der Waals surface area contributed by atoms with E-state index in [1.54, 1.807) is 0 Å². The normalized spacial score (nSPS) is 28.0. The molecule has 2 fully saturated rings. The number of piperidine rings is 1. The van der Waals surface area contributed by atoms with Crippen LogP contribution in [0.3, 0.4) is 0 Å². The molecule has 114 valence electrons. The van der Waals surface area contributed by atoms with Crippen molar-refractivity contribution in [2.24, 2.45) is 11.8 Å². The molecule has 2 heterocycles. The maximum absolute atomic E-state index is 12.7. The van der Waals surface area contributed by atoms with Crippen LogP contribution in [-0.4, -0.2) is 37.0 Å². The monoisotopic (exact) mass is 286 g/mol. The number of nitrogens with one attached hydrogen (secondary N) is 1. The van der Waals surface area contributed by atoms with E-state index in [4.69, 9.17) is 0 Å². The quantitative estimate of drug-likeness (QED) is 0.925. The van der Waals surface area contributed by atoms with Gasteiger partial charge >= 0.3 is 0 Å². The third-order valence-corrected chi connectivity index (χ3v) is 5.39. The first kappa shape index (κ1) is 14.6. The summed E-state index contributed by atoms with van der Waals surface area (Å²) in [5.74, 6) is 1.04. The fourth-order valence-electron chi connectivity index (χ4n) is 3.66. The van der Waals surface area contributed by atoms with Crippen molar-refractivity contribution < 1.29 is 4.79 Å². The second-order valence-electron chi connectivity index (χ2n) is 7.00. The zero-order chi connectivity index (χ0) is 14.9. The van der Waals surface area contributed by atoms with Crippen LogP contribution in [0.4, 0.5) is 0 Å². The van der Waals surface area contributed by atoms with E-state index in [9.17, 15) is 4.79 Å². The van der Waals surface area contributed by atoms with Gasteiger partial charge in [0.05, 0.1) is 0 Å². The van der Waals surface area contributed by atoms with Gasteiger partial charge in [0.15, 0.2) is 0 Å². The minimum atomic E-state index is 0.104. The van der Waals surface area contributed by atoms with Crippen LogP contribution in [-0.2, 0) is 10.2 Å². The summed E-state index contributed by atoms with van der Waals surface area (Å²) in [6.45, 7) is 8.18. The summed E-state index contributed by atoms with van der Waals surface area (Å²) in [6.07, 6.45) is 2.27. The summed E-state index contributed by atoms with van der Waals surface area (Å²) in [5.41, 5.74) is 1.47. The molecule has 3 nitrogen and oxygen atoms in total. The van der Waals surface area contributed by atoms with E-state index in [1.165, 1.54) is 12.0 Å². The largest absolute Gasteiger partial charge is 0.342 e. The van der Waals surface area contributed by atoms with Crippen LogP contribution in [0.15, 0.2) is 30.3 Å². The van der Waals surface area contributed by atoms with E-state index in [0.717, 1.165) is 32.6 Å². The first-order chi connectivity index (χ1) is 10.1. The predicted octanol–water partition coefficient (Wildman–Crippen LogP) is 2.42. The summed E-state index contributed by atoms with van der Waals surface area (Å²) in [5, 5.41) is 3.27. The molecule has 2 unspecified atom stereocenters. The molecule has 2 aliphatic heterocycles. The minimum Gasteiger partial charge on any atom is -0.342 e. The molecular weight excluding hydrogens is 260 g/mol. The van der Waals surface area contributed by atoms with Gasteiger partial charge in [-0.25, -0.2) is 0 Å². The molecule has 2 aliphatic rings. The van der Waals surface area contributed by atoms with E-state index in [1.807, 2.05) is 0 Å². The standard InChI is InChI=1S/C18H26N2O/c1-14(15-11-19-12-15)17(21)20-10-6-9-18(2,13-20)16-7-4-3-5-8-16/h3-5,7-8,14-15,19H,6,9-13H2,1-2H3. The molecule has 1 amide bonds. The molecule has 1 aromatic rings. The molecule has 1 N–H and O–H groups in total. The first-order valence-corrected chi connectivity index (χ1v) is 8.15. The lowest BCUT2D eigenvalue weighted by atomic mass is 9.75. The highest BCUT2D eigenvalue weighted by Crippen LogP contribution is 2.34. The fraction of sp³-hybridized carbons (Fsp3) is 0.611. The Morgan fingerprint density at radius 2 is 2.05 bits per heavy atom. The number of benzene rings is 1. The molecule has 2 atom stereocenters. The van der Waals surface area contributed by atoms with E-state index < -0.39 is 0 Å². The van der Waals surface area contributed by atoms with Gasteiger partial charge < -0.3 is 10.2 Å². The molecule has 1 aromatic carbocycles. The van der Waals surface area contributed by atoms with Gasteiger partial charge in [0.2, 0.25) is 5.91 Å². The molecule has 0 radical (unpaired) electrons. The van der Waals surface area contributed by atoms with Crippen molar-refractivity contribution in [2.75, 3.05) is 26.2 Å². The average Bonchev–Trinajstić information content (AvgIpc) is 2.45. The molecule has 0 aromatic heterocycles. The van der Waals surface area contributed by atoms with Gasteiger partial charge in [-0.15, -0.1) is 0 Å². The number of hydrogen-bond acceptors (Lipinski definition) is 2. The Morgan fingerprint density at radius 3 is 2.67 bits per heavy atom. The van der Waals surface area contributed by atoms with Crippen molar-refractivity contribution in [1.29, 1.82) is 0 Å². The number of carbonyl (C=O) groups is 1. The van der Waals surface area contributed by atoms with Gasteiger partial charge in [0, 0.05) is 24.4 Å². The maximum Gasteiger partial charge on any atom is 0.225 e. The molecule has 3 heteroatoms. The van der Waals surface area contributed by atoms with Crippen LogP contribution in [0.1, 0.15) is 32.3 Å². The summed E-state index contributed by atoms with van der Waals surface area (Å²) < 4.78 is 0. The summed E-state index contributed by atoms with van der Waals surface area (Å²) >= 11 is 0. The van der Waals surface area contributed by atoms with Gasteiger partial charge in [-0.2, -0.15) is 0 Å². The smallest absolute Gasteiger partial charge is 0.225 e. The van der Waals surface area contributed by atoms with Gasteiger partial charge in [-0.3, -0.25) is 4.79 Å². The zero-order valence-corrected chi connectivity index (χ0v) is 13.1. The van der Waals surface area contributed by atoms with Gasteiger partial charge in [0.25, 0.3) is 0 Å². The van der Waals surface area contributed by atoms with Crippen molar-refractivity contribution in [3.8, 4) is 0 Å². The van der Waals surface area contributed by atoms with Gasteiger partial charge in [-0.05, 0) is 37.4 Å². The first-order valence-electron chi connectivity index (χ1n) is 8.15. The number of likely N-dealkylation sites (tertiary alicyclic amines) is 1. The lowest BCUT2D eigenvalue weighted by Gasteiger charge is -2.43. The number of rotatable bonds is 3. The lowest BCUT2D eigenvalue weighted by molar-refractivity contribution is -0.139. The highest BCUT2D eigenvalue weighted by Gasteiger charge is 2.38. The van der Waals surface area contributed by atoms with E-state index in [2.05, 4.69) is 54.4 Å². The Labute approximate surface area is 127 Å². The van der Waals surface area contributed by atoms with Gasteiger partial charge in [-0.1, -0.05) is 44.2 Å². The Balaban J connectivity index is 1.72. The Hall–Kier alpha value is -1.35. The van der Waals surface area contributed by atoms with E-state index in [0.29, 0.717) is 11.8 Å². The second kappa shape index (κ2) is 5.80. The van der Waals surface area contributed by atoms with Crippen LogP contribution in [0.2, 0.25) is 0 Å². The number of hydrogen-bond donors (Lipinski definition) is 1. The van der Waals surface area contributed by atoms with E-state index in [-0.39, 0.29) is 11.3 Å². The molecular formula is C18H26N2O. The number of nitrogens with zero attached hydrogens (tertiary/aromatic N) is 1. The highest BCUT2D eigenvalue weighted by atomic mass is 16.2. The number of amides is 1. The SMILES string of the molecule is CC(C(=O)N1CCCC(C)(c2ccccc2)C1)C1CNC1. The average molecular weight is 286 g/mol. The van der Waals surface area contributed by atoms with Crippen LogP contribution < -0.4 is 5.32 Å². The van der Waals surface area contributed by atoms with Crippen LogP contribution in [0, 0.1) is 11.8 Å². The summed E-state index contributed by atoms with van der Waals surface area (Å²) in [6, 6.07) is 10.7. The number of carbonyl (C=O) groups excluding carboxylic acids is 1. The van der Waals surface area contributed by atoms with Crippen molar-refractivity contribution in [3.63, 3.8) is 0 Å². The van der Waals surface area contributed by atoms with Crippen LogP contribution >= 0.6 is 0 Å². The van der Waals surface area contributed by atoms with Crippen molar-refractivity contribution >= 4 is 5.91 Å². The molecule has 2 saturated heterocycles. The fourth-order valence-corrected chi connectivity index (χ4v) is 3.66. The topological polar surface area (TPSA) is 32.3 Å². The molecule has 0 aliphatic carbocycles. The van der Waals surface area contributed by atoms with E-state index >= 15 is 0 Å². The van der Waals surface area contributed by atoms with Crippen LogP contribution in [0.25, 0.3) is 0 Å². The molecule has 3 rings (SSSR count). The van der Waals surface area contributed by atoms with Gasteiger partial charge in [0.1, 0.15) is 0 Å². The molecule has 0 bridgehead atoms. The van der Waals surface area contributed by atoms with Crippen molar-refractivity contribution in [1.82, 2.24) is 10.2 Å². The van der Waals surface area contributed by atoms with Crippen LogP contribution in [0.5, 0.6) is 0 Å². The zero-order valence-electron chi connectivity index (χ0n) is 13.1. The van der Waals surface area contributed by atoms with Crippen molar-refractivity contribution in [3.05, 3.63) is 35.9 Å².